The molecule has 7 heavy (non-hydrogen) atoms. The van der Waals surface area contributed by atoms with Crippen LogP contribution in [-0.2, 0) is 4.74 Å². The minimum absolute atomic E-state index is 0.264. The Balaban J connectivity index is 2.33. The van der Waals surface area contributed by atoms with Gasteiger partial charge in [-0.1, -0.05) is 6.92 Å². The lowest BCUT2D eigenvalue weighted by Crippen LogP contribution is -2.05. The molecule has 1 fully saturated rings. The van der Waals surface area contributed by atoms with Crippen molar-refractivity contribution in [2.45, 2.75) is 12.3 Å². The van der Waals surface area contributed by atoms with Crippen LogP contribution in [0.5, 0.6) is 0 Å². The highest BCUT2D eigenvalue weighted by Crippen LogP contribution is 2.17. The van der Waals surface area contributed by atoms with E-state index in [4.69, 9.17) is 16.3 Å². The van der Waals surface area contributed by atoms with Gasteiger partial charge in [-0.3, -0.25) is 0 Å². The molecule has 1 saturated heterocycles. The molecule has 0 aromatic heterocycles. The third-order valence-corrected chi connectivity index (χ3v) is 1.83. The van der Waals surface area contributed by atoms with Gasteiger partial charge in [-0.2, -0.15) is 0 Å². The predicted molar refractivity (Wildman–Crippen MR) is 29.6 cm³/mol. The summed E-state index contributed by atoms with van der Waals surface area (Å²) in [4.78, 5) is 0. The van der Waals surface area contributed by atoms with Crippen LogP contribution in [0.1, 0.15) is 6.92 Å². The highest BCUT2D eigenvalue weighted by molar-refractivity contribution is 6.21. The van der Waals surface area contributed by atoms with Crippen LogP contribution in [0.3, 0.4) is 0 Å². The van der Waals surface area contributed by atoms with Crippen molar-refractivity contribution in [1.29, 1.82) is 0 Å². The van der Waals surface area contributed by atoms with Crippen molar-refractivity contribution in [3.63, 3.8) is 0 Å². The zero-order chi connectivity index (χ0) is 5.28. The summed E-state index contributed by atoms with van der Waals surface area (Å²) in [6.07, 6.45) is 0. The van der Waals surface area contributed by atoms with E-state index in [1.807, 2.05) is 0 Å². The first kappa shape index (κ1) is 5.39. The molecule has 2 unspecified atom stereocenters. The van der Waals surface area contributed by atoms with Gasteiger partial charge in [0, 0.05) is 0 Å². The topological polar surface area (TPSA) is 9.23 Å². The van der Waals surface area contributed by atoms with Crippen molar-refractivity contribution in [2.75, 3.05) is 13.2 Å². The van der Waals surface area contributed by atoms with Gasteiger partial charge in [-0.15, -0.1) is 11.6 Å². The Morgan fingerprint density at radius 2 is 2.29 bits per heavy atom. The largest absolute Gasteiger partial charge is 0.380 e. The smallest absolute Gasteiger partial charge is 0.0633 e. The third kappa shape index (κ3) is 1.07. The Bertz CT molecular complexity index is 57.1. The van der Waals surface area contributed by atoms with Crippen LogP contribution in [0.4, 0.5) is 0 Å². The summed E-state index contributed by atoms with van der Waals surface area (Å²) in [6.45, 7) is 3.68. The summed E-state index contributed by atoms with van der Waals surface area (Å²) in [5, 5.41) is 0.264. The first-order chi connectivity index (χ1) is 3.30. The predicted octanol–water partition coefficient (Wildman–Crippen LogP) is 1.26. The fraction of sp³-hybridized carbons (Fsp3) is 1.00. The van der Waals surface area contributed by atoms with E-state index in [0.29, 0.717) is 5.92 Å². The van der Waals surface area contributed by atoms with E-state index in [1.165, 1.54) is 0 Å². The van der Waals surface area contributed by atoms with Crippen LogP contribution in [0, 0.1) is 5.92 Å². The summed E-state index contributed by atoms with van der Waals surface area (Å²) < 4.78 is 5.04. The highest BCUT2D eigenvalue weighted by atomic mass is 35.5. The molecule has 1 rings (SSSR count). The van der Waals surface area contributed by atoms with Gasteiger partial charge in [0.05, 0.1) is 18.6 Å². The number of halogens is 1. The fourth-order valence-corrected chi connectivity index (χ4v) is 0.797. The molecule has 1 aliphatic heterocycles. The molecule has 2 atom stereocenters. The first-order valence-corrected chi connectivity index (χ1v) is 2.96. The van der Waals surface area contributed by atoms with E-state index in [-0.39, 0.29) is 5.38 Å². The molecule has 0 N–H and O–H groups in total. The maximum absolute atomic E-state index is 5.74. The number of hydrogen-bond donors (Lipinski definition) is 0. The Hall–Kier alpha value is 0.250. The van der Waals surface area contributed by atoms with Crippen molar-refractivity contribution < 1.29 is 4.74 Å². The Morgan fingerprint density at radius 1 is 1.57 bits per heavy atom. The SMILES string of the molecule is CC1COCC1Cl. The summed E-state index contributed by atoms with van der Waals surface area (Å²) in [6, 6.07) is 0. The maximum Gasteiger partial charge on any atom is 0.0633 e. The molecule has 42 valence electrons. The number of hydrogen-bond acceptors (Lipinski definition) is 1. The third-order valence-electron chi connectivity index (χ3n) is 1.28. The average Bonchev–Trinajstić information content (AvgIpc) is 1.91. The van der Waals surface area contributed by atoms with Crippen LogP contribution >= 0.6 is 11.6 Å². The van der Waals surface area contributed by atoms with Gasteiger partial charge in [-0.05, 0) is 5.92 Å². The molecule has 0 spiro atoms. The summed E-state index contributed by atoms with van der Waals surface area (Å²) >= 11 is 5.74. The quantitative estimate of drug-likeness (QED) is 0.438. The van der Waals surface area contributed by atoms with Crippen molar-refractivity contribution >= 4 is 11.6 Å². The van der Waals surface area contributed by atoms with Gasteiger partial charge < -0.3 is 4.74 Å². The van der Waals surface area contributed by atoms with E-state index in [0.717, 1.165) is 13.2 Å². The molecule has 0 aliphatic carbocycles. The summed E-state index contributed by atoms with van der Waals surface area (Å²) in [5.41, 5.74) is 0. The van der Waals surface area contributed by atoms with Crippen molar-refractivity contribution in [2.24, 2.45) is 5.92 Å². The zero-order valence-electron chi connectivity index (χ0n) is 4.36. The standard InChI is InChI=1S/C5H9ClO/c1-4-2-7-3-5(4)6/h4-5H,2-3H2,1H3. The Labute approximate surface area is 48.6 Å². The van der Waals surface area contributed by atoms with Gasteiger partial charge in [0.2, 0.25) is 0 Å². The monoisotopic (exact) mass is 120 g/mol. The summed E-state index contributed by atoms with van der Waals surface area (Å²) in [5.74, 6) is 0.557. The van der Waals surface area contributed by atoms with E-state index >= 15 is 0 Å². The number of ether oxygens (including phenoxy) is 1. The van der Waals surface area contributed by atoms with Crippen molar-refractivity contribution in [1.82, 2.24) is 0 Å². The lowest BCUT2D eigenvalue weighted by molar-refractivity contribution is 0.188. The molecule has 2 heteroatoms. The Kier molecular flexibility index (Phi) is 1.55. The number of rotatable bonds is 0. The van der Waals surface area contributed by atoms with Gasteiger partial charge in [0.15, 0.2) is 0 Å². The second-order valence-corrected chi connectivity index (χ2v) is 2.59. The lowest BCUT2D eigenvalue weighted by Gasteiger charge is -1.99. The van der Waals surface area contributed by atoms with E-state index in [9.17, 15) is 0 Å². The number of alkyl halides is 1. The van der Waals surface area contributed by atoms with Gasteiger partial charge >= 0.3 is 0 Å². The van der Waals surface area contributed by atoms with E-state index < -0.39 is 0 Å². The first-order valence-electron chi connectivity index (χ1n) is 2.52. The minimum atomic E-state index is 0.264. The second kappa shape index (κ2) is 2.01. The van der Waals surface area contributed by atoms with Crippen LogP contribution in [-0.4, -0.2) is 18.6 Å². The summed E-state index contributed by atoms with van der Waals surface area (Å²) in [7, 11) is 0. The second-order valence-electron chi connectivity index (χ2n) is 2.03. The van der Waals surface area contributed by atoms with Crippen LogP contribution in [0.15, 0.2) is 0 Å². The molecule has 0 saturated carbocycles. The molecular weight excluding hydrogens is 112 g/mol. The lowest BCUT2D eigenvalue weighted by atomic mass is 10.2. The Morgan fingerprint density at radius 3 is 2.43 bits per heavy atom. The van der Waals surface area contributed by atoms with E-state index in [1.54, 1.807) is 0 Å². The van der Waals surface area contributed by atoms with Crippen molar-refractivity contribution in [3.8, 4) is 0 Å². The molecule has 0 aromatic carbocycles. The van der Waals surface area contributed by atoms with Crippen molar-refractivity contribution in [3.05, 3.63) is 0 Å². The fourth-order valence-electron chi connectivity index (χ4n) is 0.635. The molecule has 0 bridgehead atoms. The highest BCUT2D eigenvalue weighted by Gasteiger charge is 2.20. The maximum atomic E-state index is 5.74. The minimum Gasteiger partial charge on any atom is -0.380 e. The average molecular weight is 121 g/mol. The molecule has 0 aromatic rings. The molecule has 0 radical (unpaired) electrons. The zero-order valence-corrected chi connectivity index (χ0v) is 5.11. The molecular formula is C5H9ClO. The van der Waals surface area contributed by atoms with Crippen LogP contribution in [0.25, 0.3) is 0 Å². The van der Waals surface area contributed by atoms with E-state index in [2.05, 4.69) is 6.92 Å². The van der Waals surface area contributed by atoms with Crippen LogP contribution < -0.4 is 0 Å². The van der Waals surface area contributed by atoms with Gasteiger partial charge in [0.1, 0.15) is 0 Å². The molecule has 1 heterocycles. The normalized spacial score (nSPS) is 42.0. The van der Waals surface area contributed by atoms with Gasteiger partial charge in [0.25, 0.3) is 0 Å². The molecule has 1 nitrogen and oxygen atoms in total. The molecule has 0 amide bonds. The molecule has 1 aliphatic rings. The van der Waals surface area contributed by atoms with Gasteiger partial charge in [-0.25, -0.2) is 0 Å². The van der Waals surface area contributed by atoms with Crippen LogP contribution in [0.2, 0.25) is 0 Å².